The number of carbonyl (C=O) groups excluding carboxylic acids is 1. The number of rotatable bonds is 10. The number of nitrogens with zero attached hydrogens (tertiary/aromatic N) is 2. The molecule has 2 rings (SSSR count). The molecule has 1 heterocycles. The highest BCUT2D eigenvalue weighted by Gasteiger charge is 2.16. The topological polar surface area (TPSA) is 104 Å². The first-order valence-electron chi connectivity index (χ1n) is 8.30. The van der Waals surface area contributed by atoms with Crippen molar-refractivity contribution in [2.24, 2.45) is 0 Å². The SMILES string of the molecule is COCCCNc1nccc(C(=O)Nc2cc(OC)c(OC)c(OC)c2)n1. The Morgan fingerprint density at radius 3 is 2.37 bits per heavy atom. The van der Waals surface area contributed by atoms with Gasteiger partial charge < -0.3 is 29.6 Å². The Hall–Kier alpha value is -3.07. The van der Waals surface area contributed by atoms with Gasteiger partial charge in [-0.2, -0.15) is 0 Å². The summed E-state index contributed by atoms with van der Waals surface area (Å²) >= 11 is 0. The molecule has 0 aliphatic rings. The van der Waals surface area contributed by atoms with Gasteiger partial charge in [-0.3, -0.25) is 4.79 Å². The highest BCUT2D eigenvalue weighted by atomic mass is 16.5. The summed E-state index contributed by atoms with van der Waals surface area (Å²) < 4.78 is 20.8. The van der Waals surface area contributed by atoms with Gasteiger partial charge in [0.25, 0.3) is 5.91 Å². The predicted molar refractivity (Wildman–Crippen MR) is 101 cm³/mol. The lowest BCUT2D eigenvalue weighted by atomic mass is 10.2. The first kappa shape index (κ1) is 20.2. The molecule has 1 aromatic carbocycles. The van der Waals surface area contributed by atoms with Gasteiger partial charge in [-0.15, -0.1) is 0 Å². The van der Waals surface area contributed by atoms with Gasteiger partial charge in [0.2, 0.25) is 11.7 Å². The monoisotopic (exact) mass is 376 g/mol. The average Bonchev–Trinajstić information content (AvgIpc) is 2.70. The van der Waals surface area contributed by atoms with E-state index in [2.05, 4.69) is 20.6 Å². The quantitative estimate of drug-likeness (QED) is 0.608. The summed E-state index contributed by atoms with van der Waals surface area (Å²) in [6, 6.07) is 4.82. The zero-order valence-electron chi connectivity index (χ0n) is 15.9. The highest BCUT2D eigenvalue weighted by molar-refractivity contribution is 6.03. The van der Waals surface area contributed by atoms with Crippen LogP contribution in [0.3, 0.4) is 0 Å². The molecule has 2 N–H and O–H groups in total. The molecule has 27 heavy (non-hydrogen) atoms. The van der Waals surface area contributed by atoms with Crippen LogP contribution in [-0.4, -0.2) is 57.5 Å². The second-order valence-corrected chi connectivity index (χ2v) is 5.41. The van der Waals surface area contributed by atoms with Crippen LogP contribution in [0, 0.1) is 0 Å². The van der Waals surface area contributed by atoms with Crippen molar-refractivity contribution >= 4 is 17.5 Å². The lowest BCUT2D eigenvalue weighted by Crippen LogP contribution is -2.16. The average molecular weight is 376 g/mol. The maximum Gasteiger partial charge on any atom is 0.274 e. The van der Waals surface area contributed by atoms with E-state index in [9.17, 15) is 4.79 Å². The zero-order chi connectivity index (χ0) is 19.6. The first-order chi connectivity index (χ1) is 13.1. The Morgan fingerprint density at radius 1 is 1.07 bits per heavy atom. The number of hydrogen-bond donors (Lipinski definition) is 2. The summed E-state index contributed by atoms with van der Waals surface area (Å²) in [6.45, 7) is 1.28. The van der Waals surface area contributed by atoms with E-state index in [1.54, 1.807) is 19.2 Å². The lowest BCUT2D eigenvalue weighted by Gasteiger charge is -2.14. The van der Waals surface area contributed by atoms with Gasteiger partial charge in [0.15, 0.2) is 11.5 Å². The number of nitrogens with one attached hydrogen (secondary N) is 2. The lowest BCUT2D eigenvalue weighted by molar-refractivity contribution is 0.102. The fourth-order valence-electron chi connectivity index (χ4n) is 2.34. The van der Waals surface area contributed by atoms with E-state index in [0.29, 0.717) is 42.0 Å². The normalized spacial score (nSPS) is 10.2. The molecule has 0 saturated heterocycles. The fourth-order valence-corrected chi connectivity index (χ4v) is 2.34. The molecule has 0 aliphatic heterocycles. The van der Waals surface area contributed by atoms with Crippen LogP contribution in [0.2, 0.25) is 0 Å². The van der Waals surface area contributed by atoms with E-state index in [4.69, 9.17) is 18.9 Å². The summed E-state index contributed by atoms with van der Waals surface area (Å²) in [7, 11) is 6.18. The second-order valence-electron chi connectivity index (χ2n) is 5.41. The number of hydrogen-bond acceptors (Lipinski definition) is 8. The van der Waals surface area contributed by atoms with Crippen molar-refractivity contribution in [3.63, 3.8) is 0 Å². The van der Waals surface area contributed by atoms with E-state index in [0.717, 1.165) is 6.42 Å². The Kier molecular flexibility index (Phi) is 7.63. The molecule has 9 nitrogen and oxygen atoms in total. The number of anilines is 2. The minimum absolute atomic E-state index is 0.230. The highest BCUT2D eigenvalue weighted by Crippen LogP contribution is 2.39. The molecule has 0 spiro atoms. The van der Waals surface area contributed by atoms with E-state index < -0.39 is 0 Å². The van der Waals surface area contributed by atoms with Gasteiger partial charge in [-0.25, -0.2) is 9.97 Å². The van der Waals surface area contributed by atoms with E-state index >= 15 is 0 Å². The third-order valence-electron chi connectivity index (χ3n) is 3.62. The molecular weight excluding hydrogens is 352 g/mol. The maximum absolute atomic E-state index is 12.5. The van der Waals surface area contributed by atoms with Gasteiger partial charge in [0.1, 0.15) is 5.69 Å². The number of amides is 1. The summed E-state index contributed by atoms with van der Waals surface area (Å²) in [5.74, 6) is 1.32. The summed E-state index contributed by atoms with van der Waals surface area (Å²) in [6.07, 6.45) is 2.33. The van der Waals surface area contributed by atoms with Crippen LogP contribution in [0.1, 0.15) is 16.9 Å². The molecule has 0 fully saturated rings. The Bertz CT molecular complexity index is 744. The maximum atomic E-state index is 12.5. The molecule has 0 aliphatic carbocycles. The van der Waals surface area contributed by atoms with E-state index in [1.165, 1.54) is 33.6 Å². The number of aromatic nitrogens is 2. The zero-order valence-corrected chi connectivity index (χ0v) is 15.9. The number of benzene rings is 1. The van der Waals surface area contributed by atoms with Crippen molar-refractivity contribution in [1.29, 1.82) is 0 Å². The van der Waals surface area contributed by atoms with Gasteiger partial charge in [-0.05, 0) is 12.5 Å². The van der Waals surface area contributed by atoms with Crippen LogP contribution >= 0.6 is 0 Å². The predicted octanol–water partition coefficient (Wildman–Crippen LogP) is 2.20. The van der Waals surface area contributed by atoms with Crippen LogP contribution in [-0.2, 0) is 4.74 Å². The molecule has 0 radical (unpaired) electrons. The van der Waals surface area contributed by atoms with Crippen LogP contribution in [0.5, 0.6) is 17.2 Å². The van der Waals surface area contributed by atoms with Crippen LogP contribution in [0.15, 0.2) is 24.4 Å². The Labute approximate surface area is 158 Å². The minimum atomic E-state index is -0.383. The third kappa shape index (κ3) is 5.45. The van der Waals surface area contributed by atoms with Crippen molar-refractivity contribution in [3.05, 3.63) is 30.1 Å². The number of carbonyl (C=O) groups is 1. The molecule has 0 atom stereocenters. The van der Waals surface area contributed by atoms with E-state index in [1.807, 2.05) is 0 Å². The Morgan fingerprint density at radius 2 is 1.78 bits per heavy atom. The van der Waals surface area contributed by atoms with Gasteiger partial charge >= 0.3 is 0 Å². The number of ether oxygens (including phenoxy) is 4. The van der Waals surface area contributed by atoms with Crippen molar-refractivity contribution in [3.8, 4) is 17.2 Å². The first-order valence-corrected chi connectivity index (χ1v) is 8.30. The van der Waals surface area contributed by atoms with Crippen molar-refractivity contribution in [2.45, 2.75) is 6.42 Å². The smallest absolute Gasteiger partial charge is 0.274 e. The van der Waals surface area contributed by atoms with Crippen molar-refractivity contribution in [2.75, 3.05) is 52.2 Å². The third-order valence-corrected chi connectivity index (χ3v) is 3.62. The fraction of sp³-hybridized carbons (Fsp3) is 0.389. The molecule has 1 amide bonds. The molecule has 2 aromatic rings. The molecule has 0 saturated carbocycles. The van der Waals surface area contributed by atoms with Gasteiger partial charge in [0.05, 0.1) is 21.3 Å². The Balaban J connectivity index is 2.13. The van der Waals surface area contributed by atoms with Crippen LogP contribution in [0.25, 0.3) is 0 Å². The standard InChI is InChI=1S/C18H24N4O5/c1-24-9-5-7-19-18-20-8-6-13(22-18)17(23)21-12-10-14(25-2)16(27-4)15(11-12)26-3/h6,8,10-11H,5,7,9H2,1-4H3,(H,21,23)(H,19,20,22). The molecule has 146 valence electrons. The molecular formula is C18H24N4O5. The summed E-state index contributed by atoms with van der Waals surface area (Å²) in [5, 5.41) is 5.82. The van der Waals surface area contributed by atoms with Gasteiger partial charge in [-0.1, -0.05) is 0 Å². The summed E-state index contributed by atoms with van der Waals surface area (Å²) in [4.78, 5) is 20.9. The van der Waals surface area contributed by atoms with Crippen LogP contribution in [0.4, 0.5) is 11.6 Å². The number of methoxy groups -OCH3 is 4. The molecule has 1 aromatic heterocycles. The minimum Gasteiger partial charge on any atom is -0.493 e. The van der Waals surface area contributed by atoms with Crippen LogP contribution < -0.4 is 24.8 Å². The van der Waals surface area contributed by atoms with E-state index in [-0.39, 0.29) is 11.6 Å². The second kappa shape index (κ2) is 10.2. The van der Waals surface area contributed by atoms with Gasteiger partial charge in [0, 0.05) is 44.3 Å². The summed E-state index contributed by atoms with van der Waals surface area (Å²) in [5.41, 5.74) is 0.718. The largest absolute Gasteiger partial charge is 0.493 e. The molecule has 0 bridgehead atoms. The van der Waals surface area contributed by atoms with Crippen molar-refractivity contribution < 1.29 is 23.7 Å². The van der Waals surface area contributed by atoms with Crippen molar-refractivity contribution in [1.82, 2.24) is 9.97 Å². The molecule has 9 heteroatoms. The molecule has 0 unspecified atom stereocenters.